The van der Waals surface area contributed by atoms with E-state index >= 15 is 0 Å². The SMILES string of the molecule is CC(=O)N1C=CC=CC=N1. The van der Waals surface area contributed by atoms with E-state index in [1.54, 1.807) is 24.6 Å². The highest BCUT2D eigenvalue weighted by Crippen LogP contribution is 1.94. The molecule has 0 aromatic heterocycles. The van der Waals surface area contributed by atoms with Crippen LogP contribution in [0.2, 0.25) is 0 Å². The van der Waals surface area contributed by atoms with E-state index in [1.807, 2.05) is 6.08 Å². The van der Waals surface area contributed by atoms with Crippen LogP contribution in [0.1, 0.15) is 6.92 Å². The molecule has 1 aliphatic rings. The average Bonchev–Trinajstić information content (AvgIpc) is 2.12. The van der Waals surface area contributed by atoms with Crippen molar-refractivity contribution in [1.29, 1.82) is 0 Å². The van der Waals surface area contributed by atoms with E-state index in [-0.39, 0.29) is 5.91 Å². The second kappa shape index (κ2) is 2.96. The van der Waals surface area contributed by atoms with Crippen LogP contribution >= 0.6 is 0 Å². The Morgan fingerprint density at radius 3 is 2.90 bits per heavy atom. The van der Waals surface area contributed by atoms with Crippen LogP contribution in [0, 0.1) is 0 Å². The van der Waals surface area contributed by atoms with Crippen molar-refractivity contribution in [1.82, 2.24) is 5.01 Å². The van der Waals surface area contributed by atoms with Crippen molar-refractivity contribution < 1.29 is 4.79 Å². The second-order valence-electron chi connectivity index (χ2n) is 1.85. The van der Waals surface area contributed by atoms with Gasteiger partial charge in [-0.1, -0.05) is 6.08 Å². The molecule has 0 atom stereocenters. The first-order valence-electron chi connectivity index (χ1n) is 2.98. The second-order valence-corrected chi connectivity index (χ2v) is 1.85. The zero-order valence-electron chi connectivity index (χ0n) is 5.69. The number of hydrogen-bond acceptors (Lipinski definition) is 2. The van der Waals surface area contributed by atoms with Crippen LogP contribution in [0.25, 0.3) is 0 Å². The molecule has 0 saturated carbocycles. The van der Waals surface area contributed by atoms with E-state index in [2.05, 4.69) is 5.10 Å². The first-order valence-corrected chi connectivity index (χ1v) is 2.98. The van der Waals surface area contributed by atoms with Gasteiger partial charge in [0.05, 0.1) is 0 Å². The zero-order chi connectivity index (χ0) is 7.40. The molecule has 0 saturated heterocycles. The summed E-state index contributed by atoms with van der Waals surface area (Å²) in [6.07, 6.45) is 8.52. The molecular weight excluding hydrogens is 128 g/mol. The van der Waals surface area contributed by atoms with Crippen molar-refractivity contribution in [3.63, 3.8) is 0 Å². The molecule has 1 rings (SSSR count). The minimum Gasteiger partial charge on any atom is -0.273 e. The molecule has 0 unspecified atom stereocenters. The summed E-state index contributed by atoms with van der Waals surface area (Å²) in [7, 11) is 0. The first-order chi connectivity index (χ1) is 4.80. The number of hydrogen-bond donors (Lipinski definition) is 0. The van der Waals surface area contributed by atoms with Crippen molar-refractivity contribution in [2.24, 2.45) is 5.10 Å². The van der Waals surface area contributed by atoms with E-state index in [1.165, 1.54) is 11.9 Å². The maximum absolute atomic E-state index is 10.7. The highest BCUT2D eigenvalue weighted by atomic mass is 16.2. The predicted molar refractivity (Wildman–Crippen MR) is 39.3 cm³/mol. The molecule has 0 fully saturated rings. The Labute approximate surface area is 59.3 Å². The molecule has 0 aromatic carbocycles. The van der Waals surface area contributed by atoms with Crippen LogP contribution in [-0.2, 0) is 4.79 Å². The molecule has 0 radical (unpaired) electrons. The van der Waals surface area contributed by atoms with Crippen molar-refractivity contribution in [2.75, 3.05) is 0 Å². The predicted octanol–water partition coefficient (Wildman–Crippen LogP) is 0.904. The Balaban J connectivity index is 2.72. The Morgan fingerprint density at radius 1 is 1.40 bits per heavy atom. The number of rotatable bonds is 0. The lowest BCUT2D eigenvalue weighted by Gasteiger charge is -2.05. The minimum atomic E-state index is -0.0869. The number of hydrazone groups is 1. The molecule has 0 bridgehead atoms. The van der Waals surface area contributed by atoms with Crippen LogP contribution in [0.5, 0.6) is 0 Å². The van der Waals surface area contributed by atoms with E-state index in [4.69, 9.17) is 0 Å². The van der Waals surface area contributed by atoms with Gasteiger partial charge in [0.2, 0.25) is 5.91 Å². The molecule has 0 N–H and O–H groups in total. The number of amides is 1. The number of carbonyl (C=O) groups is 1. The molecule has 1 heterocycles. The number of carbonyl (C=O) groups excluding carboxylic acids is 1. The fraction of sp³-hybridized carbons (Fsp3) is 0.143. The smallest absolute Gasteiger partial charge is 0.243 e. The van der Waals surface area contributed by atoms with Crippen molar-refractivity contribution in [3.8, 4) is 0 Å². The summed E-state index contributed by atoms with van der Waals surface area (Å²) >= 11 is 0. The van der Waals surface area contributed by atoms with E-state index in [0.29, 0.717) is 0 Å². The zero-order valence-corrected chi connectivity index (χ0v) is 5.69. The summed E-state index contributed by atoms with van der Waals surface area (Å²) in [5.41, 5.74) is 0. The summed E-state index contributed by atoms with van der Waals surface area (Å²) < 4.78 is 0. The van der Waals surface area contributed by atoms with Gasteiger partial charge in [0, 0.05) is 19.3 Å². The van der Waals surface area contributed by atoms with Gasteiger partial charge in [0.15, 0.2) is 0 Å². The van der Waals surface area contributed by atoms with Gasteiger partial charge in [0.25, 0.3) is 0 Å². The van der Waals surface area contributed by atoms with Crippen LogP contribution in [0.3, 0.4) is 0 Å². The maximum atomic E-state index is 10.7. The molecule has 0 spiro atoms. The fourth-order valence-corrected chi connectivity index (χ4v) is 0.580. The quantitative estimate of drug-likeness (QED) is 0.487. The lowest BCUT2D eigenvalue weighted by molar-refractivity contribution is -0.126. The summed E-state index contributed by atoms with van der Waals surface area (Å²) in [6, 6.07) is 0. The topological polar surface area (TPSA) is 32.7 Å². The van der Waals surface area contributed by atoms with Crippen molar-refractivity contribution >= 4 is 12.1 Å². The average molecular weight is 136 g/mol. The maximum Gasteiger partial charge on any atom is 0.243 e. The summed E-state index contributed by atoms with van der Waals surface area (Å²) in [4.78, 5) is 10.7. The van der Waals surface area contributed by atoms with Crippen LogP contribution < -0.4 is 0 Å². The molecule has 3 nitrogen and oxygen atoms in total. The van der Waals surface area contributed by atoms with Gasteiger partial charge in [-0.3, -0.25) is 4.79 Å². The number of allylic oxidation sites excluding steroid dienone is 3. The standard InChI is InChI=1S/C7H8N2O/c1-7(10)9-6-4-2-3-5-8-9/h2-6H,1H3. The molecule has 10 heavy (non-hydrogen) atoms. The van der Waals surface area contributed by atoms with Gasteiger partial charge in [-0.15, -0.1) is 0 Å². The molecule has 0 aliphatic carbocycles. The van der Waals surface area contributed by atoms with E-state index < -0.39 is 0 Å². The van der Waals surface area contributed by atoms with Crippen LogP contribution in [0.15, 0.2) is 29.5 Å². The molecule has 52 valence electrons. The molecule has 3 heteroatoms. The van der Waals surface area contributed by atoms with Gasteiger partial charge in [-0.05, 0) is 12.2 Å². The Morgan fingerprint density at radius 2 is 2.20 bits per heavy atom. The van der Waals surface area contributed by atoms with Gasteiger partial charge < -0.3 is 0 Å². The number of nitrogens with zero attached hydrogens (tertiary/aromatic N) is 2. The summed E-state index contributed by atoms with van der Waals surface area (Å²) in [5.74, 6) is -0.0869. The highest BCUT2D eigenvalue weighted by molar-refractivity contribution is 5.78. The monoisotopic (exact) mass is 136 g/mol. The van der Waals surface area contributed by atoms with Crippen LogP contribution in [0.4, 0.5) is 0 Å². The molecular formula is C7H8N2O. The summed E-state index contributed by atoms with van der Waals surface area (Å²) in [5, 5.41) is 5.09. The van der Waals surface area contributed by atoms with Gasteiger partial charge in [0.1, 0.15) is 0 Å². The third-order valence-corrected chi connectivity index (χ3v) is 1.05. The minimum absolute atomic E-state index is 0.0869. The molecule has 0 aromatic rings. The van der Waals surface area contributed by atoms with Crippen molar-refractivity contribution in [3.05, 3.63) is 24.4 Å². The third kappa shape index (κ3) is 1.55. The Hall–Kier alpha value is -1.38. The van der Waals surface area contributed by atoms with Gasteiger partial charge in [-0.25, -0.2) is 5.01 Å². The summed E-state index contributed by atoms with van der Waals surface area (Å²) in [6.45, 7) is 1.47. The molecule has 1 aliphatic heterocycles. The lowest BCUT2D eigenvalue weighted by atomic mass is 10.5. The van der Waals surface area contributed by atoms with Gasteiger partial charge >= 0.3 is 0 Å². The molecule has 1 amide bonds. The van der Waals surface area contributed by atoms with E-state index in [9.17, 15) is 4.79 Å². The largest absolute Gasteiger partial charge is 0.273 e. The first kappa shape index (κ1) is 6.74. The Kier molecular flexibility index (Phi) is 1.99. The lowest BCUT2D eigenvalue weighted by Crippen LogP contribution is -2.15. The van der Waals surface area contributed by atoms with E-state index in [0.717, 1.165) is 0 Å². The highest BCUT2D eigenvalue weighted by Gasteiger charge is 1.99. The third-order valence-electron chi connectivity index (χ3n) is 1.05. The Bertz CT molecular complexity index is 200. The fourth-order valence-electron chi connectivity index (χ4n) is 0.580. The van der Waals surface area contributed by atoms with Gasteiger partial charge in [-0.2, -0.15) is 5.10 Å². The van der Waals surface area contributed by atoms with Crippen LogP contribution in [-0.4, -0.2) is 17.1 Å². The van der Waals surface area contributed by atoms with Crippen molar-refractivity contribution in [2.45, 2.75) is 6.92 Å². The normalized spacial score (nSPS) is 15.5.